The van der Waals surface area contributed by atoms with Crippen molar-refractivity contribution < 1.29 is 0 Å². The maximum absolute atomic E-state index is 2.42. The third-order valence-corrected chi connectivity index (χ3v) is 13.3. The summed E-state index contributed by atoms with van der Waals surface area (Å²) >= 11 is 1.89. The quantitative estimate of drug-likeness (QED) is 0.164. The van der Waals surface area contributed by atoms with Crippen LogP contribution in [0, 0.1) is 0 Å². The molecule has 0 fully saturated rings. The molecular formula is C55H39NS. The summed E-state index contributed by atoms with van der Waals surface area (Å²) < 4.78 is 2.63. The number of anilines is 3. The van der Waals surface area contributed by atoms with E-state index >= 15 is 0 Å². The van der Waals surface area contributed by atoms with Crippen LogP contribution in [0.15, 0.2) is 200 Å². The van der Waals surface area contributed by atoms with E-state index in [4.69, 9.17) is 0 Å². The number of thiophene rings is 1. The first-order valence-electron chi connectivity index (χ1n) is 19.7. The molecule has 0 spiro atoms. The average Bonchev–Trinajstić information content (AvgIpc) is 3.76. The lowest BCUT2D eigenvalue weighted by Gasteiger charge is -2.28. The monoisotopic (exact) mass is 745 g/mol. The van der Waals surface area contributed by atoms with Gasteiger partial charge in [0.1, 0.15) is 0 Å². The molecule has 10 aromatic rings. The summed E-state index contributed by atoms with van der Waals surface area (Å²) in [6, 6.07) is 73.9. The van der Waals surface area contributed by atoms with Gasteiger partial charge in [-0.1, -0.05) is 153 Å². The standard InChI is InChI=1S/C55H39NS/c1-55(2)51-18-10-8-16-46(51)47-31-30-45(35-52(47)55)56(43-26-22-38(23-27-43)36-12-4-3-5-13-36)44-28-24-39(25-29-44)49-33-42(41-21-20-37-14-6-7-15-40(37)32-41)34-50-48-17-9-11-19-53(48)57-54(49)50/h3-35H,1-2H3. The number of nitrogens with zero attached hydrogens (tertiary/aromatic N) is 1. The first-order chi connectivity index (χ1) is 28.0. The Bertz CT molecular complexity index is 3130. The number of hydrogen-bond acceptors (Lipinski definition) is 2. The Morgan fingerprint density at radius 1 is 0.368 bits per heavy atom. The molecule has 0 unspecified atom stereocenters. The molecule has 1 aliphatic carbocycles. The summed E-state index contributed by atoms with van der Waals surface area (Å²) in [7, 11) is 0. The van der Waals surface area contributed by atoms with Crippen LogP contribution in [0.1, 0.15) is 25.0 Å². The van der Waals surface area contributed by atoms with Crippen molar-refractivity contribution in [2.24, 2.45) is 0 Å². The highest BCUT2D eigenvalue weighted by Gasteiger charge is 2.35. The van der Waals surface area contributed by atoms with Crippen molar-refractivity contribution in [3.63, 3.8) is 0 Å². The lowest BCUT2D eigenvalue weighted by Crippen LogP contribution is -2.16. The van der Waals surface area contributed by atoms with Gasteiger partial charge in [-0.2, -0.15) is 0 Å². The minimum absolute atomic E-state index is 0.0969. The van der Waals surface area contributed by atoms with E-state index in [1.54, 1.807) is 0 Å². The van der Waals surface area contributed by atoms with Crippen LogP contribution in [0.4, 0.5) is 17.1 Å². The summed E-state index contributed by atoms with van der Waals surface area (Å²) in [5, 5.41) is 5.13. The third kappa shape index (κ3) is 5.59. The second kappa shape index (κ2) is 13.2. The van der Waals surface area contributed by atoms with Crippen molar-refractivity contribution in [2.45, 2.75) is 19.3 Å². The highest BCUT2D eigenvalue weighted by molar-refractivity contribution is 7.26. The molecule has 9 aromatic carbocycles. The lowest BCUT2D eigenvalue weighted by molar-refractivity contribution is 0.660. The topological polar surface area (TPSA) is 3.24 Å². The van der Waals surface area contributed by atoms with Gasteiger partial charge in [-0.25, -0.2) is 0 Å². The maximum atomic E-state index is 2.42. The Kier molecular flexibility index (Phi) is 7.77. The van der Waals surface area contributed by atoms with Crippen LogP contribution in [0.5, 0.6) is 0 Å². The number of benzene rings is 9. The Balaban J connectivity index is 1.05. The van der Waals surface area contributed by atoms with Gasteiger partial charge in [0.2, 0.25) is 0 Å². The molecule has 0 saturated heterocycles. The molecule has 0 amide bonds. The second-order valence-electron chi connectivity index (χ2n) is 15.8. The first kappa shape index (κ1) is 33.6. The Morgan fingerprint density at radius 3 is 1.79 bits per heavy atom. The molecule has 1 aromatic heterocycles. The first-order valence-corrected chi connectivity index (χ1v) is 20.6. The van der Waals surface area contributed by atoms with E-state index in [9.17, 15) is 0 Å². The van der Waals surface area contributed by atoms with Crippen molar-refractivity contribution >= 4 is 59.3 Å². The minimum atomic E-state index is -0.0969. The van der Waals surface area contributed by atoms with Crippen LogP contribution in [0.25, 0.3) is 75.5 Å². The number of rotatable bonds is 6. The zero-order valence-corrected chi connectivity index (χ0v) is 32.7. The van der Waals surface area contributed by atoms with Gasteiger partial charge >= 0.3 is 0 Å². The van der Waals surface area contributed by atoms with Gasteiger partial charge in [0.05, 0.1) is 0 Å². The molecule has 11 rings (SSSR count). The third-order valence-electron chi connectivity index (χ3n) is 12.1. The molecular weight excluding hydrogens is 707 g/mol. The molecule has 270 valence electrons. The van der Waals surface area contributed by atoms with E-state index in [1.807, 2.05) is 11.3 Å². The smallest absolute Gasteiger partial charge is 0.0465 e. The summed E-state index contributed by atoms with van der Waals surface area (Å²) in [6.07, 6.45) is 0. The summed E-state index contributed by atoms with van der Waals surface area (Å²) in [5.41, 5.74) is 16.1. The van der Waals surface area contributed by atoms with Gasteiger partial charge in [0, 0.05) is 48.2 Å². The fourth-order valence-corrected chi connectivity index (χ4v) is 10.3. The van der Waals surface area contributed by atoms with Crippen molar-refractivity contribution in [3.8, 4) is 44.5 Å². The second-order valence-corrected chi connectivity index (χ2v) is 16.8. The van der Waals surface area contributed by atoms with Gasteiger partial charge in [0.15, 0.2) is 0 Å². The average molecular weight is 746 g/mol. The molecule has 0 radical (unpaired) electrons. The Labute approximate surface area is 337 Å². The SMILES string of the molecule is CC1(C)c2ccccc2-c2ccc(N(c3ccc(-c4ccccc4)cc3)c3ccc(-c4cc(-c5ccc6ccccc6c5)cc5c4sc4ccccc45)cc3)cc21. The summed E-state index contributed by atoms with van der Waals surface area (Å²) in [6.45, 7) is 4.71. The normalized spacial score (nSPS) is 12.9. The van der Waals surface area contributed by atoms with Crippen LogP contribution in [-0.4, -0.2) is 0 Å². The predicted octanol–water partition coefficient (Wildman–Crippen LogP) is 16.0. The zero-order chi connectivity index (χ0) is 38.1. The van der Waals surface area contributed by atoms with E-state index in [2.05, 4.69) is 219 Å². The molecule has 0 N–H and O–H groups in total. The highest BCUT2D eigenvalue weighted by atomic mass is 32.1. The molecule has 0 atom stereocenters. The highest BCUT2D eigenvalue weighted by Crippen LogP contribution is 2.51. The molecule has 1 aliphatic rings. The molecule has 1 heterocycles. The maximum Gasteiger partial charge on any atom is 0.0465 e. The van der Waals surface area contributed by atoms with E-state index in [-0.39, 0.29) is 5.41 Å². The van der Waals surface area contributed by atoms with Crippen molar-refractivity contribution in [1.29, 1.82) is 0 Å². The van der Waals surface area contributed by atoms with Crippen molar-refractivity contribution in [2.75, 3.05) is 4.90 Å². The Hall–Kier alpha value is -6.74. The van der Waals surface area contributed by atoms with Crippen LogP contribution in [0.2, 0.25) is 0 Å². The fraction of sp³-hybridized carbons (Fsp3) is 0.0545. The van der Waals surface area contributed by atoms with E-state index < -0.39 is 0 Å². The molecule has 2 heteroatoms. The van der Waals surface area contributed by atoms with Crippen molar-refractivity contribution in [1.82, 2.24) is 0 Å². The zero-order valence-electron chi connectivity index (χ0n) is 31.9. The van der Waals surface area contributed by atoms with Gasteiger partial charge in [-0.05, 0) is 122 Å². The summed E-state index contributed by atoms with van der Waals surface area (Å²) in [5.74, 6) is 0. The van der Waals surface area contributed by atoms with Gasteiger partial charge in [-0.15, -0.1) is 11.3 Å². The van der Waals surface area contributed by atoms with Gasteiger partial charge in [-0.3, -0.25) is 0 Å². The number of hydrogen-bond donors (Lipinski definition) is 0. The van der Waals surface area contributed by atoms with Gasteiger partial charge in [0.25, 0.3) is 0 Å². The minimum Gasteiger partial charge on any atom is -0.310 e. The van der Waals surface area contributed by atoms with Crippen LogP contribution < -0.4 is 4.90 Å². The molecule has 57 heavy (non-hydrogen) atoms. The van der Waals surface area contributed by atoms with E-state index in [1.165, 1.54) is 86.6 Å². The molecule has 0 bridgehead atoms. The van der Waals surface area contributed by atoms with Crippen LogP contribution >= 0.6 is 11.3 Å². The lowest BCUT2D eigenvalue weighted by atomic mass is 9.82. The van der Waals surface area contributed by atoms with Crippen LogP contribution in [0.3, 0.4) is 0 Å². The van der Waals surface area contributed by atoms with Crippen molar-refractivity contribution in [3.05, 3.63) is 211 Å². The summed E-state index contributed by atoms with van der Waals surface area (Å²) in [4.78, 5) is 2.42. The Morgan fingerprint density at radius 2 is 0.982 bits per heavy atom. The molecule has 1 nitrogen and oxygen atoms in total. The number of fused-ring (bicyclic) bond motifs is 7. The van der Waals surface area contributed by atoms with E-state index in [0.29, 0.717) is 0 Å². The van der Waals surface area contributed by atoms with Gasteiger partial charge < -0.3 is 4.90 Å². The molecule has 0 aliphatic heterocycles. The predicted molar refractivity (Wildman–Crippen MR) is 245 cm³/mol. The largest absolute Gasteiger partial charge is 0.310 e. The van der Waals surface area contributed by atoms with E-state index in [0.717, 1.165) is 17.1 Å². The van der Waals surface area contributed by atoms with Crippen LogP contribution in [-0.2, 0) is 5.41 Å². The fourth-order valence-electron chi connectivity index (χ4n) is 9.08. The molecule has 0 saturated carbocycles.